The summed E-state index contributed by atoms with van der Waals surface area (Å²) in [5.74, 6) is 2.44. The van der Waals surface area contributed by atoms with Gasteiger partial charge in [-0.15, -0.1) is 24.0 Å². The highest BCUT2D eigenvalue weighted by molar-refractivity contribution is 14.0. The summed E-state index contributed by atoms with van der Waals surface area (Å²) in [4.78, 5) is 4.68. The fourth-order valence-corrected chi connectivity index (χ4v) is 4.12. The number of hydrogen-bond acceptors (Lipinski definition) is 3. The maximum Gasteiger partial charge on any atom is 0.191 e. The van der Waals surface area contributed by atoms with Gasteiger partial charge in [-0.1, -0.05) is 19.1 Å². The molecule has 2 unspecified atom stereocenters. The highest BCUT2D eigenvalue weighted by Gasteiger charge is 2.24. The molecule has 1 aromatic carbocycles. The van der Waals surface area contributed by atoms with E-state index in [0.717, 1.165) is 36.3 Å². The van der Waals surface area contributed by atoms with E-state index >= 15 is 0 Å². The summed E-state index contributed by atoms with van der Waals surface area (Å²) >= 11 is 2.08. The number of guanidine groups is 1. The second-order valence-corrected chi connectivity index (χ2v) is 7.49. The summed E-state index contributed by atoms with van der Waals surface area (Å²) in [7, 11) is 0. The van der Waals surface area contributed by atoms with Crippen LogP contribution in [0.3, 0.4) is 0 Å². The van der Waals surface area contributed by atoms with Crippen molar-refractivity contribution in [3.05, 3.63) is 29.8 Å². The van der Waals surface area contributed by atoms with Crippen LogP contribution in [-0.4, -0.2) is 41.2 Å². The van der Waals surface area contributed by atoms with Gasteiger partial charge in [0.05, 0.1) is 0 Å². The van der Waals surface area contributed by atoms with Crippen molar-refractivity contribution in [2.24, 2.45) is 4.99 Å². The van der Waals surface area contributed by atoms with Crippen LogP contribution < -0.4 is 10.6 Å². The lowest BCUT2D eigenvalue weighted by molar-refractivity contribution is 0.474. The van der Waals surface area contributed by atoms with Crippen LogP contribution in [0, 0.1) is 0 Å². The number of aromatic hydroxyl groups is 1. The SMILES string of the molecule is CCNC(=NCCc1cccc(O)c1)NC1CCC(SCC)C1.I. The summed E-state index contributed by atoms with van der Waals surface area (Å²) in [6.07, 6.45) is 4.60. The van der Waals surface area contributed by atoms with Gasteiger partial charge in [-0.05, 0) is 56.1 Å². The molecule has 0 amide bonds. The largest absolute Gasteiger partial charge is 0.508 e. The summed E-state index contributed by atoms with van der Waals surface area (Å²) in [6.45, 7) is 5.92. The van der Waals surface area contributed by atoms with Crippen molar-refractivity contribution < 1.29 is 5.11 Å². The number of thioether (sulfide) groups is 1. The van der Waals surface area contributed by atoms with Gasteiger partial charge < -0.3 is 15.7 Å². The molecule has 1 aliphatic rings. The van der Waals surface area contributed by atoms with Crippen molar-refractivity contribution in [1.82, 2.24) is 10.6 Å². The topological polar surface area (TPSA) is 56.7 Å². The number of rotatable bonds is 7. The molecule has 6 heteroatoms. The molecule has 0 aromatic heterocycles. The Hall–Kier alpha value is -0.630. The minimum atomic E-state index is 0. The van der Waals surface area contributed by atoms with Gasteiger partial charge in [0.25, 0.3) is 0 Å². The number of phenols is 1. The van der Waals surface area contributed by atoms with E-state index in [-0.39, 0.29) is 24.0 Å². The second-order valence-electron chi connectivity index (χ2n) is 5.91. The molecule has 0 spiro atoms. The fourth-order valence-electron chi connectivity index (χ4n) is 2.98. The van der Waals surface area contributed by atoms with Crippen molar-refractivity contribution in [3.8, 4) is 5.75 Å². The minimum Gasteiger partial charge on any atom is -0.508 e. The number of aliphatic imine (C=N–C) groups is 1. The van der Waals surface area contributed by atoms with Crippen LogP contribution in [0.2, 0.25) is 0 Å². The minimum absolute atomic E-state index is 0. The highest BCUT2D eigenvalue weighted by Crippen LogP contribution is 2.29. The van der Waals surface area contributed by atoms with Gasteiger partial charge in [0, 0.05) is 24.4 Å². The van der Waals surface area contributed by atoms with E-state index in [1.807, 2.05) is 12.1 Å². The van der Waals surface area contributed by atoms with Gasteiger partial charge in [0.1, 0.15) is 5.75 Å². The number of nitrogens with one attached hydrogen (secondary N) is 2. The van der Waals surface area contributed by atoms with E-state index in [4.69, 9.17) is 0 Å². The molecule has 1 fully saturated rings. The summed E-state index contributed by atoms with van der Waals surface area (Å²) in [5, 5.41) is 17.2. The van der Waals surface area contributed by atoms with Crippen molar-refractivity contribution in [1.29, 1.82) is 0 Å². The van der Waals surface area contributed by atoms with Gasteiger partial charge in [0.2, 0.25) is 0 Å². The van der Waals surface area contributed by atoms with Crippen LogP contribution in [0.1, 0.15) is 38.7 Å². The molecule has 2 rings (SSSR count). The molecule has 1 saturated carbocycles. The van der Waals surface area contributed by atoms with E-state index in [9.17, 15) is 5.11 Å². The number of nitrogens with zero attached hydrogens (tertiary/aromatic N) is 1. The molecule has 1 aliphatic carbocycles. The Bertz CT molecular complexity index is 513. The van der Waals surface area contributed by atoms with E-state index in [0.29, 0.717) is 11.8 Å². The van der Waals surface area contributed by atoms with E-state index in [1.54, 1.807) is 12.1 Å². The van der Waals surface area contributed by atoms with Crippen LogP contribution in [-0.2, 0) is 6.42 Å². The molecule has 24 heavy (non-hydrogen) atoms. The predicted molar refractivity (Wildman–Crippen MR) is 116 cm³/mol. The Labute approximate surface area is 167 Å². The Morgan fingerprint density at radius 1 is 1.33 bits per heavy atom. The third-order valence-corrected chi connectivity index (χ3v) is 5.29. The number of phenolic OH excluding ortho intramolecular Hbond substituents is 1. The Morgan fingerprint density at radius 2 is 2.17 bits per heavy atom. The second kappa shape index (κ2) is 11.8. The maximum absolute atomic E-state index is 9.50. The molecule has 0 saturated heterocycles. The van der Waals surface area contributed by atoms with Crippen molar-refractivity contribution in [3.63, 3.8) is 0 Å². The molecule has 0 bridgehead atoms. The number of halogens is 1. The third-order valence-electron chi connectivity index (χ3n) is 4.05. The maximum atomic E-state index is 9.50. The first-order valence-corrected chi connectivity index (χ1v) is 9.70. The van der Waals surface area contributed by atoms with Gasteiger partial charge in [-0.2, -0.15) is 11.8 Å². The lowest BCUT2D eigenvalue weighted by Gasteiger charge is -2.17. The van der Waals surface area contributed by atoms with Crippen LogP contribution >= 0.6 is 35.7 Å². The van der Waals surface area contributed by atoms with E-state index in [1.165, 1.54) is 25.0 Å². The normalized spacial score (nSPS) is 20.5. The molecule has 136 valence electrons. The Morgan fingerprint density at radius 3 is 2.88 bits per heavy atom. The Balaban J connectivity index is 0.00000288. The summed E-state index contributed by atoms with van der Waals surface area (Å²) < 4.78 is 0. The van der Waals surface area contributed by atoms with Gasteiger partial charge >= 0.3 is 0 Å². The van der Waals surface area contributed by atoms with Gasteiger partial charge in [0.15, 0.2) is 5.96 Å². The van der Waals surface area contributed by atoms with Crippen LogP contribution in [0.4, 0.5) is 0 Å². The van der Waals surface area contributed by atoms with Crippen molar-refractivity contribution in [2.45, 2.75) is 50.8 Å². The van der Waals surface area contributed by atoms with Crippen molar-refractivity contribution >= 4 is 41.7 Å². The van der Waals surface area contributed by atoms with Crippen LogP contribution in [0.5, 0.6) is 5.75 Å². The Kier molecular flexibility index (Phi) is 10.6. The zero-order chi connectivity index (χ0) is 16.5. The average molecular weight is 463 g/mol. The zero-order valence-electron chi connectivity index (χ0n) is 14.6. The molecule has 4 nitrogen and oxygen atoms in total. The van der Waals surface area contributed by atoms with Crippen LogP contribution in [0.15, 0.2) is 29.3 Å². The van der Waals surface area contributed by atoms with Gasteiger partial charge in [-0.3, -0.25) is 4.99 Å². The van der Waals surface area contributed by atoms with Gasteiger partial charge in [-0.25, -0.2) is 0 Å². The first-order chi connectivity index (χ1) is 11.2. The lowest BCUT2D eigenvalue weighted by atomic mass is 10.1. The summed E-state index contributed by atoms with van der Waals surface area (Å²) in [5.41, 5.74) is 1.12. The molecule has 1 aromatic rings. The average Bonchev–Trinajstić information content (AvgIpc) is 2.95. The first-order valence-electron chi connectivity index (χ1n) is 8.65. The summed E-state index contributed by atoms with van der Waals surface area (Å²) in [6, 6.07) is 7.95. The quantitative estimate of drug-likeness (QED) is 0.327. The number of benzene rings is 1. The molecular weight excluding hydrogens is 433 g/mol. The lowest BCUT2D eigenvalue weighted by Crippen LogP contribution is -2.42. The van der Waals surface area contributed by atoms with E-state index < -0.39 is 0 Å². The zero-order valence-corrected chi connectivity index (χ0v) is 17.8. The molecule has 0 aliphatic heterocycles. The monoisotopic (exact) mass is 463 g/mol. The third kappa shape index (κ3) is 7.51. The molecule has 0 heterocycles. The van der Waals surface area contributed by atoms with E-state index in [2.05, 4.69) is 41.2 Å². The van der Waals surface area contributed by atoms with Crippen LogP contribution in [0.25, 0.3) is 0 Å². The standard InChI is InChI=1S/C18H29N3OS.HI/c1-3-19-18(21-15-8-9-17(13-15)23-4-2)20-11-10-14-6-5-7-16(22)12-14;/h5-7,12,15,17,22H,3-4,8-11,13H2,1-2H3,(H2,19,20,21);1H. The fraction of sp³-hybridized carbons (Fsp3) is 0.611. The molecule has 3 N–H and O–H groups in total. The molecular formula is C18H30IN3OS. The smallest absolute Gasteiger partial charge is 0.191 e. The first kappa shape index (κ1) is 21.4. The number of hydrogen-bond donors (Lipinski definition) is 3. The van der Waals surface area contributed by atoms with Crippen molar-refractivity contribution in [2.75, 3.05) is 18.8 Å². The molecule has 0 radical (unpaired) electrons. The predicted octanol–water partition coefficient (Wildman–Crippen LogP) is 3.78. The highest BCUT2D eigenvalue weighted by atomic mass is 127. The molecule has 2 atom stereocenters.